The van der Waals surface area contributed by atoms with E-state index in [1.54, 1.807) is 24.3 Å². The number of carbonyl (C=O) groups is 2. The molecule has 0 amide bonds. The number of nitrogens with two attached hydrogens (primary N) is 1. The van der Waals surface area contributed by atoms with Crippen LogP contribution < -0.4 is 5.73 Å². The van der Waals surface area contributed by atoms with Gasteiger partial charge in [-0.1, -0.05) is 24.3 Å². The van der Waals surface area contributed by atoms with E-state index in [0.29, 0.717) is 31.6 Å². The zero-order chi connectivity index (χ0) is 15.2. The maximum absolute atomic E-state index is 12.0. The maximum Gasteiger partial charge on any atom is 0.320 e. The Labute approximate surface area is 122 Å². The standard InChI is InChI=1S/C15H19NO5/c16-12(15(18)19)9-10-1-3-11(4-2-10)13(17)5-6-14-20-7-8-21-14/h1-4,12,14H,5-9,16H2,(H,18,19). The summed E-state index contributed by atoms with van der Waals surface area (Å²) in [4.78, 5) is 22.7. The van der Waals surface area contributed by atoms with Crippen LogP contribution in [0, 0.1) is 0 Å². The van der Waals surface area contributed by atoms with Crippen LogP contribution in [-0.2, 0) is 20.7 Å². The van der Waals surface area contributed by atoms with Gasteiger partial charge in [-0.05, 0) is 12.0 Å². The van der Waals surface area contributed by atoms with Gasteiger partial charge in [0.2, 0.25) is 0 Å². The molecule has 3 N–H and O–H groups in total. The van der Waals surface area contributed by atoms with Crippen LogP contribution >= 0.6 is 0 Å². The third-order valence-corrected chi connectivity index (χ3v) is 3.35. The first kappa shape index (κ1) is 15.6. The minimum Gasteiger partial charge on any atom is -0.480 e. The molecule has 21 heavy (non-hydrogen) atoms. The van der Waals surface area contributed by atoms with E-state index in [1.807, 2.05) is 0 Å². The Kier molecular flexibility index (Phi) is 5.44. The fourth-order valence-corrected chi connectivity index (χ4v) is 2.14. The van der Waals surface area contributed by atoms with Gasteiger partial charge >= 0.3 is 5.97 Å². The number of Topliss-reactive ketones (excluding diaryl/α,β-unsaturated/α-hetero) is 1. The second kappa shape index (κ2) is 7.31. The molecular formula is C15H19NO5. The van der Waals surface area contributed by atoms with Crippen molar-refractivity contribution in [1.29, 1.82) is 0 Å². The van der Waals surface area contributed by atoms with Gasteiger partial charge in [0.05, 0.1) is 13.2 Å². The Bertz CT molecular complexity index is 493. The van der Waals surface area contributed by atoms with Crippen molar-refractivity contribution in [1.82, 2.24) is 0 Å². The van der Waals surface area contributed by atoms with E-state index in [1.165, 1.54) is 0 Å². The van der Waals surface area contributed by atoms with Crippen molar-refractivity contribution in [3.63, 3.8) is 0 Å². The van der Waals surface area contributed by atoms with Crippen LogP contribution in [0.15, 0.2) is 24.3 Å². The van der Waals surface area contributed by atoms with Crippen molar-refractivity contribution in [3.8, 4) is 0 Å². The number of carboxylic acid groups (broad SMARTS) is 1. The summed E-state index contributed by atoms with van der Waals surface area (Å²) in [6.07, 6.45) is 0.873. The number of ketones is 1. The molecule has 0 aromatic heterocycles. The normalized spacial score (nSPS) is 16.8. The molecule has 0 aliphatic carbocycles. The molecule has 1 unspecified atom stereocenters. The molecule has 6 nitrogen and oxygen atoms in total. The van der Waals surface area contributed by atoms with Gasteiger partial charge in [-0.15, -0.1) is 0 Å². The van der Waals surface area contributed by atoms with Gasteiger partial charge in [-0.2, -0.15) is 0 Å². The molecule has 114 valence electrons. The second-order valence-corrected chi connectivity index (χ2v) is 4.98. The van der Waals surface area contributed by atoms with Crippen molar-refractivity contribution < 1.29 is 24.2 Å². The van der Waals surface area contributed by atoms with Gasteiger partial charge in [0, 0.05) is 18.4 Å². The molecule has 6 heteroatoms. The summed E-state index contributed by atoms with van der Waals surface area (Å²) in [5.74, 6) is -1.02. The number of ether oxygens (including phenoxy) is 2. The predicted octanol–water partition coefficient (Wildman–Crippen LogP) is 0.977. The number of carboxylic acids is 1. The number of carbonyl (C=O) groups excluding carboxylic acids is 1. The smallest absolute Gasteiger partial charge is 0.320 e. The highest BCUT2D eigenvalue weighted by Gasteiger charge is 2.18. The molecule has 2 rings (SSSR count). The van der Waals surface area contributed by atoms with Crippen molar-refractivity contribution in [3.05, 3.63) is 35.4 Å². The summed E-state index contributed by atoms with van der Waals surface area (Å²) in [5.41, 5.74) is 6.86. The van der Waals surface area contributed by atoms with Crippen LogP contribution in [-0.4, -0.2) is 42.4 Å². The lowest BCUT2D eigenvalue weighted by molar-refractivity contribution is -0.138. The Morgan fingerprint density at radius 1 is 1.24 bits per heavy atom. The Hall–Kier alpha value is -1.76. The highest BCUT2D eigenvalue weighted by atomic mass is 16.7. The molecule has 0 saturated carbocycles. The van der Waals surface area contributed by atoms with E-state index in [4.69, 9.17) is 20.3 Å². The van der Waals surface area contributed by atoms with Crippen LogP contribution in [0.2, 0.25) is 0 Å². The van der Waals surface area contributed by atoms with E-state index in [9.17, 15) is 9.59 Å². The molecule has 1 saturated heterocycles. The molecule has 1 fully saturated rings. The quantitative estimate of drug-likeness (QED) is 0.727. The summed E-state index contributed by atoms with van der Waals surface area (Å²) in [7, 11) is 0. The number of benzene rings is 1. The van der Waals surface area contributed by atoms with Gasteiger partial charge in [0.1, 0.15) is 6.04 Å². The summed E-state index contributed by atoms with van der Waals surface area (Å²) in [5, 5.41) is 8.76. The Morgan fingerprint density at radius 3 is 2.43 bits per heavy atom. The lowest BCUT2D eigenvalue weighted by Crippen LogP contribution is -2.32. The topological polar surface area (TPSA) is 98.9 Å². The minimum absolute atomic E-state index is 0.0168. The third kappa shape index (κ3) is 4.63. The van der Waals surface area contributed by atoms with Crippen molar-refractivity contribution in [2.45, 2.75) is 31.6 Å². The maximum atomic E-state index is 12.0. The van der Waals surface area contributed by atoms with Crippen molar-refractivity contribution in [2.24, 2.45) is 5.73 Å². The zero-order valence-electron chi connectivity index (χ0n) is 11.7. The molecule has 1 aromatic carbocycles. The second-order valence-electron chi connectivity index (χ2n) is 4.98. The Morgan fingerprint density at radius 2 is 1.86 bits per heavy atom. The lowest BCUT2D eigenvalue weighted by Gasteiger charge is -2.09. The fourth-order valence-electron chi connectivity index (χ4n) is 2.14. The summed E-state index contributed by atoms with van der Waals surface area (Å²) in [6, 6.07) is 5.94. The van der Waals surface area contributed by atoms with Crippen molar-refractivity contribution >= 4 is 11.8 Å². The van der Waals surface area contributed by atoms with Gasteiger partial charge in [-0.3, -0.25) is 9.59 Å². The summed E-state index contributed by atoms with van der Waals surface area (Å²) >= 11 is 0. The zero-order valence-corrected chi connectivity index (χ0v) is 11.7. The van der Waals surface area contributed by atoms with Crippen LogP contribution in [0.1, 0.15) is 28.8 Å². The first-order valence-corrected chi connectivity index (χ1v) is 6.90. The monoisotopic (exact) mass is 293 g/mol. The van der Waals surface area contributed by atoms with Crippen LogP contribution in [0.3, 0.4) is 0 Å². The number of hydrogen-bond donors (Lipinski definition) is 2. The summed E-state index contributed by atoms with van der Waals surface area (Å²) < 4.78 is 10.6. The molecule has 1 atom stereocenters. The number of rotatable bonds is 7. The predicted molar refractivity (Wildman–Crippen MR) is 75.0 cm³/mol. The average Bonchev–Trinajstić information content (AvgIpc) is 2.98. The Balaban J connectivity index is 1.85. The highest BCUT2D eigenvalue weighted by Crippen LogP contribution is 2.14. The van der Waals surface area contributed by atoms with Gasteiger partial charge in [-0.25, -0.2) is 0 Å². The SMILES string of the molecule is NC(Cc1ccc(C(=O)CCC2OCCO2)cc1)C(=O)O. The van der Waals surface area contributed by atoms with Gasteiger partial charge in [0.15, 0.2) is 12.1 Å². The number of aliphatic carboxylic acids is 1. The van der Waals surface area contributed by atoms with E-state index in [0.717, 1.165) is 5.56 Å². The molecule has 1 aliphatic heterocycles. The van der Waals surface area contributed by atoms with Gasteiger partial charge < -0.3 is 20.3 Å². The van der Waals surface area contributed by atoms with E-state index >= 15 is 0 Å². The molecule has 1 aromatic rings. The third-order valence-electron chi connectivity index (χ3n) is 3.35. The van der Waals surface area contributed by atoms with E-state index < -0.39 is 12.0 Å². The van der Waals surface area contributed by atoms with Gasteiger partial charge in [0.25, 0.3) is 0 Å². The first-order valence-electron chi connectivity index (χ1n) is 6.90. The first-order chi connectivity index (χ1) is 10.1. The van der Waals surface area contributed by atoms with Crippen LogP contribution in [0.25, 0.3) is 0 Å². The fraction of sp³-hybridized carbons (Fsp3) is 0.467. The molecule has 0 bridgehead atoms. The van der Waals surface area contributed by atoms with Crippen LogP contribution in [0.5, 0.6) is 0 Å². The molecule has 1 aliphatic rings. The molecule has 1 heterocycles. The van der Waals surface area contributed by atoms with Crippen molar-refractivity contribution in [2.75, 3.05) is 13.2 Å². The van der Waals surface area contributed by atoms with Crippen LogP contribution in [0.4, 0.5) is 0 Å². The average molecular weight is 293 g/mol. The summed E-state index contributed by atoms with van der Waals surface area (Å²) in [6.45, 7) is 1.16. The highest BCUT2D eigenvalue weighted by molar-refractivity contribution is 5.96. The van der Waals surface area contributed by atoms with E-state index in [2.05, 4.69) is 0 Å². The molecule has 0 radical (unpaired) electrons. The molecule has 0 spiro atoms. The largest absolute Gasteiger partial charge is 0.480 e. The molecular weight excluding hydrogens is 274 g/mol. The number of hydrogen-bond acceptors (Lipinski definition) is 5. The minimum atomic E-state index is -1.04. The van der Waals surface area contributed by atoms with E-state index in [-0.39, 0.29) is 18.5 Å². The lowest BCUT2D eigenvalue weighted by atomic mass is 10.0.